The highest BCUT2D eigenvalue weighted by Crippen LogP contribution is 2.25. The number of nitrogen functional groups attached to an aromatic ring is 1. The van der Waals surface area contributed by atoms with E-state index in [1.807, 2.05) is 10.8 Å². The quantitative estimate of drug-likeness (QED) is 0.631. The van der Waals surface area contributed by atoms with Crippen LogP contribution in [0.15, 0.2) is 48.8 Å². The first-order valence-corrected chi connectivity index (χ1v) is 6.20. The van der Waals surface area contributed by atoms with Crippen molar-refractivity contribution in [1.82, 2.24) is 4.57 Å². The fraction of sp³-hybridized carbons (Fsp3) is 0. The van der Waals surface area contributed by atoms with E-state index in [1.54, 1.807) is 30.5 Å². The summed E-state index contributed by atoms with van der Waals surface area (Å²) in [6, 6.07) is 9.53. The van der Waals surface area contributed by atoms with Crippen LogP contribution in [-0.2, 0) is 0 Å². The van der Waals surface area contributed by atoms with Gasteiger partial charge in [0.2, 0.25) is 0 Å². The van der Waals surface area contributed by atoms with Gasteiger partial charge in [-0.25, -0.2) is 9.18 Å². The first kappa shape index (κ1) is 13.0. The molecular weight excluding hydrogens is 273 g/mol. The molecule has 3 aromatic rings. The SMILES string of the molecule is Nc1cc(-n2cc3ccc(F)cc3c2)ccc1NC(=O)O. The number of carboxylic acid groups (broad SMARTS) is 1. The average molecular weight is 285 g/mol. The molecular formula is C15H12FN3O2. The minimum Gasteiger partial charge on any atom is -0.465 e. The summed E-state index contributed by atoms with van der Waals surface area (Å²) in [5.41, 5.74) is 7.24. The van der Waals surface area contributed by atoms with E-state index in [0.717, 1.165) is 16.5 Å². The van der Waals surface area contributed by atoms with Gasteiger partial charge in [0.25, 0.3) is 0 Å². The molecule has 0 bridgehead atoms. The molecule has 0 aliphatic heterocycles. The van der Waals surface area contributed by atoms with E-state index in [9.17, 15) is 9.18 Å². The number of anilines is 2. The van der Waals surface area contributed by atoms with Crippen LogP contribution in [0.25, 0.3) is 16.5 Å². The van der Waals surface area contributed by atoms with Gasteiger partial charge in [-0.15, -0.1) is 0 Å². The molecule has 3 rings (SSSR count). The van der Waals surface area contributed by atoms with Crippen molar-refractivity contribution < 1.29 is 14.3 Å². The maximum absolute atomic E-state index is 13.2. The Balaban J connectivity index is 2.02. The first-order chi connectivity index (χ1) is 10.0. The molecule has 6 heteroatoms. The number of carbonyl (C=O) groups is 1. The van der Waals surface area contributed by atoms with Gasteiger partial charge in [0, 0.05) is 23.5 Å². The van der Waals surface area contributed by atoms with Crippen molar-refractivity contribution in [2.24, 2.45) is 0 Å². The van der Waals surface area contributed by atoms with Crippen molar-refractivity contribution in [1.29, 1.82) is 0 Å². The Kier molecular flexibility index (Phi) is 2.98. The van der Waals surface area contributed by atoms with Gasteiger partial charge in [0.05, 0.1) is 11.4 Å². The standard InChI is InChI=1S/C15H12FN3O2/c16-11-2-1-9-7-19(8-10(9)5-11)12-3-4-14(13(17)6-12)18-15(20)21/h1-8,18H,17H2,(H,20,21). The molecule has 0 saturated carbocycles. The highest BCUT2D eigenvalue weighted by Gasteiger charge is 2.06. The minimum absolute atomic E-state index is 0.291. The number of halogens is 1. The van der Waals surface area contributed by atoms with E-state index in [1.165, 1.54) is 12.1 Å². The number of benzene rings is 2. The molecule has 0 aliphatic rings. The van der Waals surface area contributed by atoms with Crippen LogP contribution >= 0.6 is 0 Å². The van der Waals surface area contributed by atoms with E-state index in [4.69, 9.17) is 10.8 Å². The largest absolute Gasteiger partial charge is 0.465 e. The van der Waals surface area contributed by atoms with Crippen LogP contribution < -0.4 is 11.1 Å². The predicted molar refractivity (Wildman–Crippen MR) is 79.3 cm³/mol. The smallest absolute Gasteiger partial charge is 0.409 e. The van der Waals surface area contributed by atoms with Crippen molar-refractivity contribution in [3.8, 4) is 5.69 Å². The van der Waals surface area contributed by atoms with Gasteiger partial charge in [0.15, 0.2) is 0 Å². The second kappa shape index (κ2) is 4.82. The van der Waals surface area contributed by atoms with Crippen LogP contribution in [0.5, 0.6) is 0 Å². The number of hydrogen-bond donors (Lipinski definition) is 3. The molecule has 2 aromatic carbocycles. The fourth-order valence-corrected chi connectivity index (χ4v) is 2.20. The molecule has 0 aliphatic carbocycles. The van der Waals surface area contributed by atoms with Crippen LogP contribution in [0.2, 0.25) is 0 Å². The fourth-order valence-electron chi connectivity index (χ4n) is 2.20. The molecule has 106 valence electrons. The molecule has 0 fully saturated rings. The van der Waals surface area contributed by atoms with Gasteiger partial charge >= 0.3 is 6.09 Å². The van der Waals surface area contributed by atoms with Gasteiger partial charge in [-0.3, -0.25) is 5.32 Å². The molecule has 0 unspecified atom stereocenters. The minimum atomic E-state index is -1.17. The van der Waals surface area contributed by atoms with Crippen LogP contribution in [0.3, 0.4) is 0 Å². The lowest BCUT2D eigenvalue weighted by Gasteiger charge is -2.08. The second-order valence-corrected chi connectivity index (χ2v) is 4.64. The highest BCUT2D eigenvalue weighted by molar-refractivity contribution is 5.88. The number of aromatic nitrogens is 1. The highest BCUT2D eigenvalue weighted by atomic mass is 19.1. The zero-order valence-electron chi connectivity index (χ0n) is 10.9. The molecule has 0 radical (unpaired) electrons. The van der Waals surface area contributed by atoms with Crippen molar-refractivity contribution in [3.05, 3.63) is 54.6 Å². The van der Waals surface area contributed by atoms with Gasteiger partial charge in [-0.2, -0.15) is 0 Å². The van der Waals surface area contributed by atoms with E-state index < -0.39 is 6.09 Å². The number of rotatable bonds is 2. The molecule has 4 N–H and O–H groups in total. The molecule has 0 spiro atoms. The van der Waals surface area contributed by atoms with E-state index in [-0.39, 0.29) is 5.82 Å². The average Bonchev–Trinajstić information content (AvgIpc) is 2.83. The molecule has 1 heterocycles. The molecule has 1 aromatic heterocycles. The van der Waals surface area contributed by atoms with Crippen molar-refractivity contribution in [2.45, 2.75) is 0 Å². The Morgan fingerprint density at radius 3 is 2.62 bits per heavy atom. The van der Waals surface area contributed by atoms with E-state index >= 15 is 0 Å². The Bertz CT molecular complexity index is 842. The number of nitrogens with two attached hydrogens (primary N) is 1. The lowest BCUT2D eigenvalue weighted by molar-refractivity contribution is 0.210. The Morgan fingerprint density at radius 1 is 1.14 bits per heavy atom. The summed E-state index contributed by atoms with van der Waals surface area (Å²) in [7, 11) is 0. The van der Waals surface area contributed by atoms with Gasteiger partial charge in [-0.1, -0.05) is 0 Å². The predicted octanol–water partition coefficient (Wildman–Crippen LogP) is 3.44. The second-order valence-electron chi connectivity index (χ2n) is 4.64. The summed E-state index contributed by atoms with van der Waals surface area (Å²) < 4.78 is 15.0. The zero-order valence-corrected chi connectivity index (χ0v) is 10.9. The molecule has 1 amide bonds. The number of hydrogen-bond acceptors (Lipinski definition) is 2. The summed E-state index contributed by atoms with van der Waals surface area (Å²) in [5, 5.41) is 12.6. The molecule has 0 saturated heterocycles. The summed E-state index contributed by atoms with van der Waals surface area (Å²) in [6.45, 7) is 0. The van der Waals surface area contributed by atoms with Crippen LogP contribution in [-0.4, -0.2) is 15.8 Å². The summed E-state index contributed by atoms with van der Waals surface area (Å²) >= 11 is 0. The maximum atomic E-state index is 13.2. The third-order valence-corrected chi connectivity index (χ3v) is 3.18. The topological polar surface area (TPSA) is 80.3 Å². The zero-order chi connectivity index (χ0) is 15.0. The maximum Gasteiger partial charge on any atom is 0.409 e. The Labute approximate surface area is 119 Å². The third kappa shape index (κ3) is 2.51. The monoisotopic (exact) mass is 285 g/mol. The number of nitrogens with zero attached hydrogens (tertiary/aromatic N) is 1. The Morgan fingerprint density at radius 2 is 1.90 bits per heavy atom. The normalized spacial score (nSPS) is 10.7. The molecule has 5 nitrogen and oxygen atoms in total. The van der Waals surface area contributed by atoms with Gasteiger partial charge in [-0.05, 0) is 41.8 Å². The van der Waals surface area contributed by atoms with Crippen molar-refractivity contribution in [3.63, 3.8) is 0 Å². The number of nitrogens with one attached hydrogen (secondary N) is 1. The summed E-state index contributed by atoms with van der Waals surface area (Å²) in [5.74, 6) is -0.291. The summed E-state index contributed by atoms with van der Waals surface area (Å²) in [6.07, 6.45) is 2.47. The summed E-state index contributed by atoms with van der Waals surface area (Å²) in [4.78, 5) is 10.6. The molecule has 21 heavy (non-hydrogen) atoms. The van der Waals surface area contributed by atoms with E-state index in [2.05, 4.69) is 5.32 Å². The van der Waals surface area contributed by atoms with Gasteiger partial charge < -0.3 is 15.4 Å². The molecule has 0 atom stereocenters. The lowest BCUT2D eigenvalue weighted by Crippen LogP contribution is -2.09. The third-order valence-electron chi connectivity index (χ3n) is 3.18. The van der Waals surface area contributed by atoms with Crippen LogP contribution in [0.4, 0.5) is 20.6 Å². The van der Waals surface area contributed by atoms with Crippen molar-refractivity contribution in [2.75, 3.05) is 11.1 Å². The van der Waals surface area contributed by atoms with Crippen molar-refractivity contribution >= 4 is 28.2 Å². The number of fused-ring (bicyclic) bond motifs is 1. The van der Waals surface area contributed by atoms with Crippen LogP contribution in [0, 0.1) is 5.82 Å². The Hall–Kier alpha value is -3.02. The van der Waals surface area contributed by atoms with Gasteiger partial charge in [0.1, 0.15) is 5.82 Å². The number of amides is 1. The van der Waals surface area contributed by atoms with E-state index in [0.29, 0.717) is 11.4 Å². The van der Waals surface area contributed by atoms with Crippen LogP contribution in [0.1, 0.15) is 0 Å². The lowest BCUT2D eigenvalue weighted by atomic mass is 10.2. The first-order valence-electron chi connectivity index (χ1n) is 6.20.